The van der Waals surface area contributed by atoms with Crippen LogP contribution >= 0.6 is 0 Å². The Bertz CT molecular complexity index is 1050. The van der Waals surface area contributed by atoms with Gasteiger partial charge in [0.2, 0.25) is 0 Å². The number of aryl methyl sites for hydroxylation is 1. The van der Waals surface area contributed by atoms with Crippen LogP contribution in [0.25, 0.3) is 10.9 Å². The molecular formula is C21H23FN4O3. The molecule has 1 aliphatic rings. The van der Waals surface area contributed by atoms with Gasteiger partial charge in [-0.3, -0.25) is 14.6 Å². The predicted octanol–water partition coefficient (Wildman–Crippen LogP) is 3.29. The lowest BCUT2D eigenvalue weighted by Gasteiger charge is -2.13. The number of fused-ring (bicyclic) bond motifs is 1. The monoisotopic (exact) mass is 398 g/mol. The van der Waals surface area contributed by atoms with E-state index in [1.165, 1.54) is 6.07 Å². The summed E-state index contributed by atoms with van der Waals surface area (Å²) in [6, 6.07) is 6.74. The smallest absolute Gasteiger partial charge is 0.293 e. The molecule has 7 nitrogen and oxygen atoms in total. The van der Waals surface area contributed by atoms with Crippen molar-refractivity contribution in [3.63, 3.8) is 0 Å². The number of hydrogen-bond donors (Lipinski definition) is 3. The molecule has 0 atom stereocenters. The number of hydrogen-bond acceptors (Lipinski definition) is 5. The van der Waals surface area contributed by atoms with E-state index >= 15 is 0 Å². The molecule has 152 valence electrons. The largest absolute Gasteiger partial charge is 0.394 e. The fourth-order valence-electron chi connectivity index (χ4n) is 3.38. The molecule has 1 aromatic carbocycles. The number of halogens is 1. The summed E-state index contributed by atoms with van der Waals surface area (Å²) >= 11 is 0. The second-order valence-corrected chi connectivity index (χ2v) is 7.28. The minimum Gasteiger partial charge on any atom is -0.394 e. The van der Waals surface area contributed by atoms with Gasteiger partial charge in [0.1, 0.15) is 11.5 Å². The van der Waals surface area contributed by atoms with Crippen LogP contribution in [0, 0.1) is 18.7 Å². The molecule has 2 aromatic heterocycles. The number of benzene rings is 1. The molecule has 2 heterocycles. The lowest BCUT2D eigenvalue weighted by molar-refractivity contribution is 0.0162. The van der Waals surface area contributed by atoms with Gasteiger partial charge in [-0.05, 0) is 49.4 Å². The normalized spacial score (nSPS) is 13.6. The van der Waals surface area contributed by atoms with Crippen molar-refractivity contribution in [1.29, 1.82) is 0 Å². The van der Waals surface area contributed by atoms with Crippen LogP contribution in [0.4, 0.5) is 15.8 Å². The van der Waals surface area contributed by atoms with Crippen molar-refractivity contribution in [2.75, 3.05) is 18.5 Å². The summed E-state index contributed by atoms with van der Waals surface area (Å²) in [6.45, 7) is 2.26. The summed E-state index contributed by atoms with van der Waals surface area (Å²) < 4.78 is 16.4. The van der Waals surface area contributed by atoms with Crippen LogP contribution in [0.2, 0.25) is 0 Å². The van der Waals surface area contributed by atoms with Crippen molar-refractivity contribution in [3.8, 4) is 0 Å². The third-order valence-electron chi connectivity index (χ3n) is 4.96. The van der Waals surface area contributed by atoms with E-state index in [-0.39, 0.29) is 18.9 Å². The fraction of sp³-hybridized carbons (Fsp3) is 0.333. The highest BCUT2D eigenvalue weighted by Gasteiger charge is 2.29. The summed E-state index contributed by atoms with van der Waals surface area (Å²) in [6.07, 6.45) is 5.56. The Kier molecular flexibility index (Phi) is 5.46. The number of rotatable bonds is 8. The molecule has 3 aromatic rings. The number of aromatic nitrogens is 2. The van der Waals surface area contributed by atoms with Crippen LogP contribution in [0.5, 0.6) is 0 Å². The molecule has 0 saturated heterocycles. The summed E-state index contributed by atoms with van der Waals surface area (Å²) in [5.74, 6) is -0.363. The Hall–Kier alpha value is -2.97. The van der Waals surface area contributed by atoms with Crippen LogP contribution in [0.1, 0.15) is 28.9 Å². The van der Waals surface area contributed by atoms with Gasteiger partial charge in [-0.25, -0.2) is 9.87 Å². The minimum absolute atomic E-state index is 0.0223. The van der Waals surface area contributed by atoms with Crippen molar-refractivity contribution in [2.24, 2.45) is 5.92 Å². The molecular weight excluding hydrogens is 375 g/mol. The lowest BCUT2D eigenvalue weighted by Crippen LogP contribution is -2.28. The maximum atomic E-state index is 14.5. The standard InChI is InChI=1S/C21H23FN4O3/c1-13-2-5-17(16(22)10-13)24-19-15-11-23-7-6-18(15)26(12-14-3-4-14)20(19)21(28)25-29-9-8-27/h2,5-7,10-11,14,24,27H,3-4,8-9,12H2,1H3,(H,25,28). The first-order chi connectivity index (χ1) is 14.1. The third kappa shape index (κ3) is 4.08. The first-order valence-electron chi connectivity index (χ1n) is 9.61. The Labute approximate surface area is 167 Å². The van der Waals surface area contributed by atoms with E-state index in [1.807, 2.05) is 17.6 Å². The highest BCUT2D eigenvalue weighted by atomic mass is 19.1. The molecule has 3 N–H and O–H groups in total. The fourth-order valence-corrected chi connectivity index (χ4v) is 3.38. The second kappa shape index (κ2) is 8.18. The van der Waals surface area contributed by atoms with Crippen molar-refractivity contribution in [1.82, 2.24) is 15.0 Å². The number of anilines is 2. The molecule has 0 aliphatic heterocycles. The number of nitrogens with zero attached hydrogens (tertiary/aromatic N) is 2. The zero-order valence-electron chi connectivity index (χ0n) is 16.1. The van der Waals surface area contributed by atoms with Gasteiger partial charge >= 0.3 is 0 Å². The molecule has 1 amide bonds. The summed E-state index contributed by atoms with van der Waals surface area (Å²) in [4.78, 5) is 22.2. The number of nitrogens with one attached hydrogen (secondary N) is 2. The van der Waals surface area contributed by atoms with Gasteiger partial charge in [-0.2, -0.15) is 0 Å². The van der Waals surface area contributed by atoms with Crippen LogP contribution in [-0.2, 0) is 11.4 Å². The SMILES string of the molecule is Cc1ccc(Nc2c(C(=O)NOCCO)n(CC3CC3)c3ccncc23)c(F)c1. The van der Waals surface area contributed by atoms with Crippen LogP contribution in [0.15, 0.2) is 36.7 Å². The maximum absolute atomic E-state index is 14.5. The van der Waals surface area contributed by atoms with Crippen molar-refractivity contribution >= 4 is 28.2 Å². The molecule has 29 heavy (non-hydrogen) atoms. The molecule has 0 spiro atoms. The maximum Gasteiger partial charge on any atom is 0.293 e. The number of hydroxylamine groups is 1. The van der Waals surface area contributed by atoms with Gasteiger partial charge in [-0.1, -0.05) is 6.07 Å². The Morgan fingerprint density at radius 3 is 2.93 bits per heavy atom. The number of aliphatic hydroxyl groups excluding tert-OH is 1. The summed E-state index contributed by atoms with van der Waals surface area (Å²) in [7, 11) is 0. The number of aliphatic hydroxyl groups is 1. The highest BCUT2D eigenvalue weighted by Crippen LogP contribution is 2.38. The zero-order chi connectivity index (χ0) is 20.4. The number of pyridine rings is 1. The van der Waals surface area contributed by atoms with Crippen LogP contribution < -0.4 is 10.8 Å². The Balaban J connectivity index is 1.81. The Morgan fingerprint density at radius 2 is 2.21 bits per heavy atom. The van der Waals surface area contributed by atoms with Crippen LogP contribution in [0.3, 0.4) is 0 Å². The van der Waals surface area contributed by atoms with Gasteiger partial charge in [0.15, 0.2) is 0 Å². The zero-order valence-corrected chi connectivity index (χ0v) is 16.1. The molecule has 0 bridgehead atoms. The molecule has 1 saturated carbocycles. The van der Waals surface area contributed by atoms with E-state index in [2.05, 4.69) is 15.8 Å². The topological polar surface area (TPSA) is 88.4 Å². The molecule has 1 fully saturated rings. The van der Waals surface area contributed by atoms with Gasteiger partial charge in [0.25, 0.3) is 5.91 Å². The van der Waals surface area contributed by atoms with E-state index in [9.17, 15) is 9.18 Å². The van der Waals surface area contributed by atoms with E-state index in [0.717, 1.165) is 29.3 Å². The van der Waals surface area contributed by atoms with E-state index < -0.39 is 11.7 Å². The average Bonchev–Trinajstić information content (AvgIpc) is 3.47. The summed E-state index contributed by atoms with van der Waals surface area (Å²) in [5, 5.41) is 12.7. The predicted molar refractivity (Wildman–Crippen MR) is 107 cm³/mol. The first kappa shape index (κ1) is 19.4. The third-order valence-corrected chi connectivity index (χ3v) is 4.96. The quantitative estimate of drug-likeness (QED) is 0.400. The molecule has 0 unspecified atom stereocenters. The number of amides is 1. The first-order valence-corrected chi connectivity index (χ1v) is 9.61. The van der Waals surface area contributed by atoms with Gasteiger partial charge in [0.05, 0.1) is 30.1 Å². The average molecular weight is 398 g/mol. The molecule has 0 radical (unpaired) electrons. The van der Waals surface area contributed by atoms with Gasteiger partial charge in [0, 0.05) is 24.3 Å². The van der Waals surface area contributed by atoms with Gasteiger partial charge in [-0.15, -0.1) is 0 Å². The number of carbonyl (C=O) groups excluding carboxylic acids is 1. The lowest BCUT2D eigenvalue weighted by atomic mass is 10.2. The molecule has 4 rings (SSSR count). The second-order valence-electron chi connectivity index (χ2n) is 7.28. The van der Waals surface area contributed by atoms with E-state index in [4.69, 9.17) is 9.94 Å². The van der Waals surface area contributed by atoms with E-state index in [1.54, 1.807) is 24.5 Å². The van der Waals surface area contributed by atoms with Gasteiger partial charge < -0.3 is 15.0 Å². The van der Waals surface area contributed by atoms with Crippen molar-refractivity contribution < 1.29 is 19.1 Å². The van der Waals surface area contributed by atoms with Crippen molar-refractivity contribution in [3.05, 3.63) is 53.7 Å². The van der Waals surface area contributed by atoms with Crippen molar-refractivity contribution in [2.45, 2.75) is 26.3 Å². The van der Waals surface area contributed by atoms with Crippen LogP contribution in [-0.4, -0.2) is 33.8 Å². The highest BCUT2D eigenvalue weighted by molar-refractivity contribution is 6.09. The summed E-state index contributed by atoms with van der Waals surface area (Å²) in [5.41, 5.74) is 5.11. The number of carbonyl (C=O) groups is 1. The molecule has 1 aliphatic carbocycles. The minimum atomic E-state index is -0.467. The Morgan fingerprint density at radius 1 is 1.38 bits per heavy atom. The molecule has 8 heteroatoms. The van der Waals surface area contributed by atoms with E-state index in [0.29, 0.717) is 23.8 Å².